The highest BCUT2D eigenvalue weighted by atomic mass is 16.3. The van der Waals surface area contributed by atoms with Gasteiger partial charge in [-0.05, 0) is 45.4 Å². The first kappa shape index (κ1) is 11.3. The topological polar surface area (TPSA) is 43.7 Å². The minimum atomic E-state index is 0.0682. The Hall–Kier alpha value is -1.22. The fourth-order valence-electron chi connectivity index (χ4n) is 2.67. The van der Waals surface area contributed by atoms with Crippen LogP contribution in [0.25, 0.3) is 0 Å². The van der Waals surface area contributed by atoms with Crippen LogP contribution in [0, 0.1) is 0 Å². The second-order valence-electron chi connectivity index (χ2n) is 4.61. The van der Waals surface area contributed by atoms with Crippen molar-refractivity contribution in [3.8, 4) is 11.5 Å². The van der Waals surface area contributed by atoms with Gasteiger partial charge in [0.1, 0.15) is 11.5 Å². The number of benzene rings is 1. The van der Waals surface area contributed by atoms with Crippen LogP contribution >= 0.6 is 0 Å². The van der Waals surface area contributed by atoms with Crippen molar-refractivity contribution in [3.05, 3.63) is 23.8 Å². The lowest BCUT2D eigenvalue weighted by Gasteiger charge is -2.29. The van der Waals surface area contributed by atoms with E-state index in [4.69, 9.17) is 0 Å². The number of rotatable bonds is 2. The zero-order chi connectivity index (χ0) is 11.7. The Morgan fingerprint density at radius 1 is 1.31 bits per heavy atom. The summed E-state index contributed by atoms with van der Waals surface area (Å²) in [6.07, 6.45) is 2.39. The number of phenols is 2. The van der Waals surface area contributed by atoms with Gasteiger partial charge in [-0.15, -0.1) is 0 Å². The van der Waals surface area contributed by atoms with Gasteiger partial charge in [0.15, 0.2) is 0 Å². The first-order chi connectivity index (χ1) is 7.61. The van der Waals surface area contributed by atoms with E-state index in [0.29, 0.717) is 11.6 Å². The van der Waals surface area contributed by atoms with Crippen LogP contribution in [-0.4, -0.2) is 27.7 Å². The van der Waals surface area contributed by atoms with Crippen LogP contribution in [0.4, 0.5) is 0 Å². The molecule has 1 fully saturated rings. The van der Waals surface area contributed by atoms with Gasteiger partial charge in [-0.25, -0.2) is 0 Å². The molecule has 0 spiro atoms. The minimum Gasteiger partial charge on any atom is -0.507 e. The maximum Gasteiger partial charge on any atom is 0.124 e. The normalized spacial score (nSPS) is 23.5. The molecule has 2 rings (SSSR count). The monoisotopic (exact) mass is 221 g/mol. The van der Waals surface area contributed by atoms with E-state index >= 15 is 0 Å². The highest BCUT2D eigenvalue weighted by Gasteiger charge is 2.28. The largest absolute Gasteiger partial charge is 0.507 e. The molecule has 0 aromatic heterocycles. The highest BCUT2D eigenvalue weighted by molar-refractivity contribution is 5.45. The summed E-state index contributed by atoms with van der Waals surface area (Å²) in [5.41, 5.74) is 0.649. The lowest BCUT2D eigenvalue weighted by molar-refractivity contribution is 0.198. The van der Waals surface area contributed by atoms with Gasteiger partial charge in [0, 0.05) is 12.1 Å². The first-order valence-corrected chi connectivity index (χ1v) is 5.88. The molecule has 1 saturated heterocycles. The average molecular weight is 221 g/mol. The van der Waals surface area contributed by atoms with E-state index in [2.05, 4.69) is 11.8 Å². The molecule has 0 saturated carbocycles. The van der Waals surface area contributed by atoms with Crippen LogP contribution in [0.3, 0.4) is 0 Å². The zero-order valence-electron chi connectivity index (χ0n) is 9.85. The van der Waals surface area contributed by atoms with Gasteiger partial charge in [0.2, 0.25) is 0 Å². The Balaban J connectivity index is 2.29. The second kappa shape index (κ2) is 4.34. The number of hydrogen-bond acceptors (Lipinski definition) is 3. The van der Waals surface area contributed by atoms with Crippen LogP contribution in [0.1, 0.15) is 38.3 Å². The van der Waals surface area contributed by atoms with Crippen molar-refractivity contribution in [2.24, 2.45) is 0 Å². The number of nitrogens with zero attached hydrogens (tertiary/aromatic N) is 1. The highest BCUT2D eigenvalue weighted by Crippen LogP contribution is 2.38. The van der Waals surface area contributed by atoms with E-state index in [1.165, 1.54) is 12.8 Å². The van der Waals surface area contributed by atoms with E-state index in [0.717, 1.165) is 6.54 Å². The second-order valence-corrected chi connectivity index (χ2v) is 4.61. The van der Waals surface area contributed by atoms with Gasteiger partial charge >= 0.3 is 0 Å². The Bertz CT molecular complexity index is 358. The molecule has 1 aliphatic rings. The lowest BCUT2D eigenvalue weighted by atomic mass is 10.0. The van der Waals surface area contributed by atoms with Crippen LogP contribution < -0.4 is 0 Å². The predicted octanol–water partition coefficient (Wildman–Crippen LogP) is 2.64. The van der Waals surface area contributed by atoms with E-state index in [1.807, 2.05) is 6.92 Å². The molecule has 2 atom stereocenters. The molecule has 16 heavy (non-hydrogen) atoms. The molecule has 0 aliphatic carbocycles. The molecule has 0 bridgehead atoms. The van der Waals surface area contributed by atoms with Crippen molar-refractivity contribution in [2.45, 2.75) is 38.8 Å². The molecule has 88 valence electrons. The molecule has 3 heteroatoms. The molecule has 0 radical (unpaired) electrons. The summed E-state index contributed by atoms with van der Waals surface area (Å²) in [5.74, 6) is 0.373. The van der Waals surface area contributed by atoms with Gasteiger partial charge in [-0.2, -0.15) is 0 Å². The zero-order valence-corrected chi connectivity index (χ0v) is 9.85. The van der Waals surface area contributed by atoms with Crippen LogP contribution in [0.15, 0.2) is 18.2 Å². The van der Waals surface area contributed by atoms with Gasteiger partial charge in [-0.1, -0.05) is 6.07 Å². The van der Waals surface area contributed by atoms with Crippen molar-refractivity contribution in [3.63, 3.8) is 0 Å². The number of phenolic OH excluding ortho intramolecular Hbond substituents is 2. The van der Waals surface area contributed by atoms with Crippen LogP contribution in [-0.2, 0) is 0 Å². The van der Waals surface area contributed by atoms with Gasteiger partial charge in [0.25, 0.3) is 0 Å². The summed E-state index contributed by atoms with van der Waals surface area (Å²) in [6, 6.07) is 5.51. The fraction of sp³-hybridized carbons (Fsp3) is 0.538. The Morgan fingerprint density at radius 3 is 2.44 bits per heavy atom. The van der Waals surface area contributed by atoms with Gasteiger partial charge in [-0.3, -0.25) is 4.90 Å². The number of likely N-dealkylation sites (tertiary alicyclic amines) is 1. The number of aromatic hydroxyl groups is 2. The summed E-state index contributed by atoms with van der Waals surface area (Å²) in [7, 11) is 0. The molecule has 0 amide bonds. The van der Waals surface area contributed by atoms with E-state index in [-0.39, 0.29) is 17.5 Å². The molecule has 1 aromatic rings. The van der Waals surface area contributed by atoms with Crippen molar-refractivity contribution < 1.29 is 10.2 Å². The SMILES string of the molecule is CC1CCCN1C(C)c1c(O)cccc1O. The molecular weight excluding hydrogens is 202 g/mol. The summed E-state index contributed by atoms with van der Waals surface area (Å²) < 4.78 is 0. The molecule has 1 aliphatic heterocycles. The van der Waals surface area contributed by atoms with Crippen molar-refractivity contribution in [1.29, 1.82) is 0 Å². The van der Waals surface area contributed by atoms with Crippen molar-refractivity contribution in [1.82, 2.24) is 4.90 Å². The van der Waals surface area contributed by atoms with Gasteiger partial charge in [0.05, 0.1) is 5.56 Å². The van der Waals surface area contributed by atoms with E-state index in [9.17, 15) is 10.2 Å². The summed E-state index contributed by atoms with van der Waals surface area (Å²) in [6.45, 7) is 5.27. The third kappa shape index (κ3) is 1.87. The molecule has 2 N–H and O–H groups in total. The lowest BCUT2D eigenvalue weighted by Crippen LogP contribution is -2.29. The Morgan fingerprint density at radius 2 is 1.94 bits per heavy atom. The predicted molar refractivity (Wildman–Crippen MR) is 63.6 cm³/mol. The van der Waals surface area contributed by atoms with Crippen LogP contribution in [0.5, 0.6) is 11.5 Å². The molecule has 3 nitrogen and oxygen atoms in total. The van der Waals surface area contributed by atoms with Crippen molar-refractivity contribution in [2.75, 3.05) is 6.54 Å². The molecule has 1 heterocycles. The summed E-state index contributed by atoms with van der Waals surface area (Å²) >= 11 is 0. The standard InChI is InChI=1S/C13H19NO2/c1-9-5-4-8-14(9)10(2)13-11(15)6-3-7-12(13)16/h3,6-7,9-10,15-16H,4-5,8H2,1-2H3. The third-order valence-electron chi connectivity index (χ3n) is 3.58. The summed E-state index contributed by atoms with van der Waals surface area (Å²) in [5, 5.41) is 19.6. The van der Waals surface area contributed by atoms with E-state index in [1.54, 1.807) is 18.2 Å². The first-order valence-electron chi connectivity index (χ1n) is 5.88. The maximum absolute atomic E-state index is 9.82. The minimum absolute atomic E-state index is 0.0682. The van der Waals surface area contributed by atoms with Gasteiger partial charge < -0.3 is 10.2 Å². The van der Waals surface area contributed by atoms with Crippen LogP contribution in [0.2, 0.25) is 0 Å². The summed E-state index contributed by atoms with van der Waals surface area (Å²) in [4.78, 5) is 2.33. The fourth-order valence-corrected chi connectivity index (χ4v) is 2.67. The maximum atomic E-state index is 9.82. The Labute approximate surface area is 96.3 Å². The van der Waals surface area contributed by atoms with E-state index < -0.39 is 0 Å². The number of hydrogen-bond donors (Lipinski definition) is 2. The third-order valence-corrected chi connectivity index (χ3v) is 3.58. The molecular formula is C13H19NO2. The molecule has 1 aromatic carbocycles. The average Bonchev–Trinajstić information content (AvgIpc) is 2.64. The smallest absolute Gasteiger partial charge is 0.124 e. The molecule has 2 unspecified atom stereocenters. The van der Waals surface area contributed by atoms with Crippen molar-refractivity contribution >= 4 is 0 Å². The quantitative estimate of drug-likeness (QED) is 0.807. The Kier molecular flexibility index (Phi) is 3.06.